The predicted molar refractivity (Wildman–Crippen MR) is 79.9 cm³/mol. The lowest BCUT2D eigenvalue weighted by molar-refractivity contribution is 0.370. The highest BCUT2D eigenvalue weighted by Crippen LogP contribution is 2.25. The van der Waals surface area contributed by atoms with Crippen LogP contribution in [0, 0.1) is 0 Å². The maximum Gasteiger partial charge on any atom is 0.245 e. The molecule has 1 aromatic heterocycles. The molecule has 1 rings (SSSR count). The summed E-state index contributed by atoms with van der Waals surface area (Å²) in [4.78, 5) is 5.87. The summed E-state index contributed by atoms with van der Waals surface area (Å²) >= 11 is 9.06. The molecule has 0 atom stereocenters. The van der Waals surface area contributed by atoms with Gasteiger partial charge in [0.25, 0.3) is 0 Å². The molecule has 0 unspecified atom stereocenters. The fourth-order valence-corrected chi connectivity index (χ4v) is 3.61. The minimum absolute atomic E-state index is 0.0114. The normalized spacial score (nSPS) is 12.4. The Bertz CT molecular complexity index is 537. The molecular weight excluding hydrogens is 354 g/mol. The summed E-state index contributed by atoms with van der Waals surface area (Å²) in [6.07, 6.45) is 2.22. The first kappa shape index (κ1) is 16.8. The van der Waals surface area contributed by atoms with Gasteiger partial charge in [-0.05, 0) is 49.1 Å². The Labute approximate surface area is 127 Å². The molecule has 1 aromatic rings. The number of rotatable bonds is 6. The fourth-order valence-electron chi connectivity index (χ4n) is 1.48. The lowest BCUT2D eigenvalue weighted by Gasteiger charge is -2.19. The highest BCUT2D eigenvalue weighted by Gasteiger charge is 2.24. The molecule has 108 valence electrons. The van der Waals surface area contributed by atoms with E-state index in [4.69, 9.17) is 11.6 Å². The SMILES string of the molecule is CN(C)CCCN(C)S(=O)(=O)c1cc(Br)cnc1Cl. The molecule has 19 heavy (non-hydrogen) atoms. The molecule has 0 N–H and O–H groups in total. The molecule has 0 saturated heterocycles. The van der Waals surface area contributed by atoms with Crippen molar-refractivity contribution in [1.82, 2.24) is 14.2 Å². The summed E-state index contributed by atoms with van der Waals surface area (Å²) in [5.41, 5.74) is 0. The quantitative estimate of drug-likeness (QED) is 0.719. The monoisotopic (exact) mass is 369 g/mol. The van der Waals surface area contributed by atoms with Crippen molar-refractivity contribution in [3.63, 3.8) is 0 Å². The van der Waals surface area contributed by atoms with Crippen molar-refractivity contribution >= 4 is 37.6 Å². The van der Waals surface area contributed by atoms with Crippen molar-refractivity contribution in [3.8, 4) is 0 Å². The van der Waals surface area contributed by atoms with Crippen molar-refractivity contribution in [1.29, 1.82) is 0 Å². The maximum absolute atomic E-state index is 12.3. The number of hydrogen-bond acceptors (Lipinski definition) is 4. The molecule has 0 aliphatic carbocycles. The summed E-state index contributed by atoms with van der Waals surface area (Å²) in [5, 5.41) is -0.0114. The van der Waals surface area contributed by atoms with E-state index in [1.807, 2.05) is 19.0 Å². The minimum atomic E-state index is -3.60. The molecule has 0 radical (unpaired) electrons. The number of halogens is 2. The summed E-state index contributed by atoms with van der Waals surface area (Å²) in [5.74, 6) is 0. The van der Waals surface area contributed by atoms with Crippen LogP contribution in [0.25, 0.3) is 0 Å². The molecule has 0 aromatic carbocycles. The summed E-state index contributed by atoms with van der Waals surface area (Å²) in [6, 6.07) is 1.47. The Morgan fingerprint density at radius 2 is 1.95 bits per heavy atom. The van der Waals surface area contributed by atoms with E-state index in [1.54, 1.807) is 7.05 Å². The molecule has 1 heterocycles. The van der Waals surface area contributed by atoms with E-state index in [0.29, 0.717) is 11.0 Å². The van der Waals surface area contributed by atoms with E-state index < -0.39 is 10.0 Å². The zero-order valence-electron chi connectivity index (χ0n) is 11.1. The van der Waals surface area contributed by atoms with E-state index in [-0.39, 0.29) is 10.0 Å². The third-order valence-corrected chi connectivity index (χ3v) is 5.26. The molecule has 0 spiro atoms. The summed E-state index contributed by atoms with van der Waals surface area (Å²) in [7, 11) is 1.84. The third-order valence-electron chi connectivity index (χ3n) is 2.54. The van der Waals surface area contributed by atoms with Crippen LogP contribution < -0.4 is 0 Å². The molecule has 0 amide bonds. The van der Waals surface area contributed by atoms with E-state index in [1.165, 1.54) is 16.6 Å². The van der Waals surface area contributed by atoms with Gasteiger partial charge in [-0.15, -0.1) is 0 Å². The Balaban J connectivity index is 2.88. The average molecular weight is 371 g/mol. The minimum Gasteiger partial charge on any atom is -0.309 e. The van der Waals surface area contributed by atoms with E-state index in [2.05, 4.69) is 20.9 Å². The van der Waals surface area contributed by atoms with Crippen molar-refractivity contribution in [2.24, 2.45) is 0 Å². The first-order valence-electron chi connectivity index (χ1n) is 5.67. The Hall–Kier alpha value is -0.210. The van der Waals surface area contributed by atoms with Crippen molar-refractivity contribution < 1.29 is 8.42 Å². The van der Waals surface area contributed by atoms with Gasteiger partial charge in [-0.25, -0.2) is 17.7 Å². The van der Waals surface area contributed by atoms with Gasteiger partial charge in [0, 0.05) is 24.3 Å². The van der Waals surface area contributed by atoms with Crippen LogP contribution in [0.15, 0.2) is 21.6 Å². The molecule has 0 bridgehead atoms. The maximum atomic E-state index is 12.3. The van der Waals surface area contributed by atoms with E-state index in [9.17, 15) is 8.42 Å². The van der Waals surface area contributed by atoms with Crippen LogP contribution in [0.5, 0.6) is 0 Å². The first-order valence-corrected chi connectivity index (χ1v) is 8.28. The fraction of sp³-hybridized carbons (Fsp3) is 0.545. The average Bonchev–Trinajstić information content (AvgIpc) is 2.31. The van der Waals surface area contributed by atoms with Crippen LogP contribution in [0.2, 0.25) is 5.15 Å². The van der Waals surface area contributed by atoms with Crippen LogP contribution >= 0.6 is 27.5 Å². The molecule has 0 fully saturated rings. The predicted octanol–water partition coefficient (Wildman–Crippen LogP) is 2.07. The number of nitrogens with zero attached hydrogens (tertiary/aromatic N) is 3. The molecule has 0 aliphatic heterocycles. The van der Waals surface area contributed by atoms with Crippen LogP contribution in [-0.2, 0) is 10.0 Å². The summed E-state index contributed by atoms with van der Waals surface area (Å²) in [6.45, 7) is 1.26. The Morgan fingerprint density at radius 1 is 1.32 bits per heavy atom. The van der Waals surface area contributed by atoms with Gasteiger partial charge in [-0.1, -0.05) is 11.6 Å². The van der Waals surface area contributed by atoms with E-state index in [0.717, 1.165) is 13.0 Å². The smallest absolute Gasteiger partial charge is 0.245 e. The van der Waals surface area contributed by atoms with Gasteiger partial charge in [0.2, 0.25) is 10.0 Å². The number of aromatic nitrogens is 1. The molecule has 0 saturated carbocycles. The largest absolute Gasteiger partial charge is 0.309 e. The standard InChI is InChI=1S/C11H17BrClN3O2S/c1-15(2)5-4-6-16(3)19(17,18)10-7-9(12)8-14-11(10)13/h7-8H,4-6H2,1-3H3. The van der Waals surface area contributed by atoms with Gasteiger partial charge in [0.15, 0.2) is 0 Å². The van der Waals surface area contributed by atoms with Gasteiger partial charge in [-0.3, -0.25) is 0 Å². The zero-order chi connectivity index (χ0) is 14.6. The topological polar surface area (TPSA) is 53.5 Å². The van der Waals surface area contributed by atoms with Gasteiger partial charge in [0.1, 0.15) is 10.0 Å². The number of sulfonamides is 1. The van der Waals surface area contributed by atoms with Crippen LogP contribution in [-0.4, -0.2) is 56.8 Å². The molecule has 8 heteroatoms. The lowest BCUT2D eigenvalue weighted by Crippen LogP contribution is -2.30. The van der Waals surface area contributed by atoms with Crippen LogP contribution in [0.3, 0.4) is 0 Å². The first-order chi connectivity index (χ1) is 8.75. The number of pyridine rings is 1. The van der Waals surface area contributed by atoms with Crippen molar-refractivity contribution in [2.75, 3.05) is 34.2 Å². The zero-order valence-corrected chi connectivity index (χ0v) is 14.3. The van der Waals surface area contributed by atoms with Crippen molar-refractivity contribution in [2.45, 2.75) is 11.3 Å². The summed E-state index contributed by atoms with van der Waals surface area (Å²) < 4.78 is 26.6. The van der Waals surface area contributed by atoms with E-state index >= 15 is 0 Å². The second kappa shape index (κ2) is 6.99. The highest BCUT2D eigenvalue weighted by molar-refractivity contribution is 9.10. The van der Waals surface area contributed by atoms with Gasteiger partial charge >= 0.3 is 0 Å². The van der Waals surface area contributed by atoms with Gasteiger partial charge in [-0.2, -0.15) is 0 Å². The Kier molecular flexibility index (Phi) is 6.19. The Morgan fingerprint density at radius 3 is 2.53 bits per heavy atom. The van der Waals surface area contributed by atoms with Crippen LogP contribution in [0.1, 0.15) is 6.42 Å². The molecule has 5 nitrogen and oxygen atoms in total. The van der Waals surface area contributed by atoms with Crippen molar-refractivity contribution in [3.05, 3.63) is 21.9 Å². The lowest BCUT2D eigenvalue weighted by atomic mass is 10.4. The number of hydrogen-bond donors (Lipinski definition) is 0. The molecule has 0 aliphatic rings. The highest BCUT2D eigenvalue weighted by atomic mass is 79.9. The second-order valence-corrected chi connectivity index (χ2v) is 7.71. The van der Waals surface area contributed by atoms with Gasteiger partial charge < -0.3 is 4.90 Å². The second-order valence-electron chi connectivity index (χ2n) is 4.43. The molecular formula is C11H17BrClN3O2S. The van der Waals surface area contributed by atoms with Gasteiger partial charge in [0.05, 0.1) is 0 Å². The van der Waals surface area contributed by atoms with Crippen LogP contribution in [0.4, 0.5) is 0 Å². The third kappa shape index (κ3) is 4.68.